The van der Waals surface area contributed by atoms with Crippen molar-refractivity contribution in [1.29, 1.82) is 0 Å². The standard InChI is InChI=1S/C26H25Cl2FN6O3/c1-25(2)37-20-19(35-6-4-14-22(28)31-12-32-24(14)35)10-26(11-33-36,21(20)38-25)5-3-13-7-17(29)15-9-16(27)23(30)34-18(15)8-13/h4,6-9,11-12,19-21,36H,3,5,10H2,1-2H3,(H2,30,34). The van der Waals surface area contributed by atoms with Gasteiger partial charge in [0.25, 0.3) is 0 Å². The molecule has 4 unspecified atom stereocenters. The maximum Gasteiger partial charge on any atom is 0.163 e. The second kappa shape index (κ2) is 9.01. The van der Waals surface area contributed by atoms with Gasteiger partial charge in [-0.15, -0.1) is 5.16 Å². The van der Waals surface area contributed by atoms with Crippen LogP contribution >= 0.6 is 23.2 Å². The van der Waals surface area contributed by atoms with E-state index >= 15 is 0 Å². The highest BCUT2D eigenvalue weighted by molar-refractivity contribution is 6.34. The minimum Gasteiger partial charge on any atom is -0.411 e. The van der Waals surface area contributed by atoms with E-state index in [0.717, 1.165) is 10.9 Å². The van der Waals surface area contributed by atoms with E-state index in [4.69, 9.17) is 38.4 Å². The van der Waals surface area contributed by atoms with Crippen LogP contribution in [0.1, 0.15) is 38.3 Å². The normalized spacial score (nSPS) is 26.6. The molecule has 38 heavy (non-hydrogen) atoms. The molecule has 198 valence electrons. The largest absolute Gasteiger partial charge is 0.411 e. The number of oxime groups is 1. The lowest BCUT2D eigenvalue weighted by Crippen LogP contribution is -2.37. The number of rotatable bonds is 5. The molecule has 1 aromatic carbocycles. The number of fused-ring (bicyclic) bond motifs is 3. The lowest BCUT2D eigenvalue weighted by atomic mass is 9.79. The van der Waals surface area contributed by atoms with Crippen molar-refractivity contribution in [3.63, 3.8) is 0 Å². The number of benzene rings is 1. The Hall–Kier alpha value is -3.05. The zero-order valence-electron chi connectivity index (χ0n) is 20.6. The van der Waals surface area contributed by atoms with Crippen molar-refractivity contribution in [2.45, 2.75) is 57.1 Å². The second-order valence-corrected chi connectivity index (χ2v) is 11.2. The molecule has 3 aromatic heterocycles. The van der Waals surface area contributed by atoms with E-state index in [1.807, 2.05) is 30.7 Å². The molecule has 6 rings (SSSR count). The number of aryl methyl sites for hydroxylation is 1. The molecule has 0 spiro atoms. The number of hydrogen-bond donors (Lipinski definition) is 2. The van der Waals surface area contributed by atoms with Crippen molar-refractivity contribution in [3.05, 3.63) is 58.3 Å². The van der Waals surface area contributed by atoms with Gasteiger partial charge >= 0.3 is 0 Å². The van der Waals surface area contributed by atoms with Crippen molar-refractivity contribution < 1.29 is 19.1 Å². The molecular weight excluding hydrogens is 534 g/mol. The molecular formula is C26H25Cl2FN6O3. The maximum absolute atomic E-state index is 15.0. The highest BCUT2D eigenvalue weighted by Crippen LogP contribution is 2.55. The van der Waals surface area contributed by atoms with Crippen LogP contribution in [-0.4, -0.2) is 48.9 Å². The van der Waals surface area contributed by atoms with Gasteiger partial charge in [-0.1, -0.05) is 23.2 Å². The first kappa shape index (κ1) is 25.2. The fourth-order valence-electron chi connectivity index (χ4n) is 5.95. The molecule has 9 nitrogen and oxygen atoms in total. The van der Waals surface area contributed by atoms with Gasteiger partial charge < -0.3 is 25.0 Å². The van der Waals surface area contributed by atoms with E-state index < -0.39 is 23.1 Å². The van der Waals surface area contributed by atoms with Crippen LogP contribution in [0.5, 0.6) is 0 Å². The van der Waals surface area contributed by atoms with Gasteiger partial charge in [0.15, 0.2) is 5.79 Å². The van der Waals surface area contributed by atoms with Gasteiger partial charge in [-0.2, -0.15) is 0 Å². The van der Waals surface area contributed by atoms with Crippen LogP contribution in [0.2, 0.25) is 10.2 Å². The van der Waals surface area contributed by atoms with Crippen LogP contribution in [0.3, 0.4) is 0 Å². The van der Waals surface area contributed by atoms with Crippen LogP contribution in [0, 0.1) is 11.2 Å². The molecule has 4 atom stereocenters. The summed E-state index contributed by atoms with van der Waals surface area (Å²) in [6.45, 7) is 3.71. The van der Waals surface area contributed by atoms with Crippen LogP contribution < -0.4 is 5.73 Å². The third-order valence-corrected chi connectivity index (χ3v) is 8.20. The third-order valence-electron chi connectivity index (χ3n) is 7.60. The van der Waals surface area contributed by atoms with E-state index in [1.165, 1.54) is 24.7 Å². The zero-order valence-corrected chi connectivity index (χ0v) is 22.1. The Morgan fingerprint density at radius 3 is 2.84 bits per heavy atom. The Labute approximate surface area is 227 Å². The van der Waals surface area contributed by atoms with Crippen molar-refractivity contribution >= 4 is 57.2 Å². The van der Waals surface area contributed by atoms with Gasteiger partial charge in [0.1, 0.15) is 34.9 Å². The lowest BCUT2D eigenvalue weighted by molar-refractivity contribution is -0.164. The number of nitrogens with zero attached hydrogens (tertiary/aromatic N) is 5. The van der Waals surface area contributed by atoms with Gasteiger partial charge in [-0.3, -0.25) is 0 Å². The summed E-state index contributed by atoms with van der Waals surface area (Å²) in [5.74, 6) is -1.15. The van der Waals surface area contributed by atoms with E-state index in [-0.39, 0.29) is 23.0 Å². The first-order valence-electron chi connectivity index (χ1n) is 12.2. The van der Waals surface area contributed by atoms with E-state index in [9.17, 15) is 9.60 Å². The molecule has 0 radical (unpaired) electrons. The first-order valence-corrected chi connectivity index (χ1v) is 12.9. The summed E-state index contributed by atoms with van der Waals surface area (Å²) in [5.41, 5.74) is 6.96. The molecule has 3 N–H and O–H groups in total. The Balaban J connectivity index is 1.38. The topological polar surface area (TPSA) is 121 Å². The summed E-state index contributed by atoms with van der Waals surface area (Å²) < 4.78 is 29.8. The number of nitrogens with two attached hydrogens (primary N) is 1. The summed E-state index contributed by atoms with van der Waals surface area (Å²) in [5, 5.41) is 14.8. The van der Waals surface area contributed by atoms with Crippen molar-refractivity contribution in [3.8, 4) is 0 Å². The van der Waals surface area contributed by atoms with Crippen LogP contribution in [0.25, 0.3) is 21.9 Å². The van der Waals surface area contributed by atoms with Crippen LogP contribution in [0.4, 0.5) is 10.2 Å². The molecule has 1 aliphatic carbocycles. The number of hydrogen-bond acceptors (Lipinski definition) is 8. The van der Waals surface area contributed by atoms with Crippen LogP contribution in [-0.2, 0) is 15.9 Å². The lowest BCUT2D eigenvalue weighted by Gasteiger charge is -2.31. The number of anilines is 1. The molecule has 0 bridgehead atoms. The summed E-state index contributed by atoms with van der Waals surface area (Å²) >= 11 is 12.3. The molecule has 2 aliphatic rings. The molecule has 0 amide bonds. The van der Waals surface area contributed by atoms with Gasteiger partial charge in [-0.25, -0.2) is 19.3 Å². The molecule has 4 heterocycles. The Bertz CT molecular complexity index is 1590. The van der Waals surface area contributed by atoms with Gasteiger partial charge in [0.2, 0.25) is 0 Å². The molecule has 1 aliphatic heterocycles. The number of pyridine rings is 1. The highest BCUT2D eigenvalue weighted by Gasteiger charge is 2.61. The second-order valence-electron chi connectivity index (χ2n) is 10.4. The molecule has 2 fully saturated rings. The fourth-order valence-corrected chi connectivity index (χ4v) is 6.29. The fraction of sp³-hybridized carbons (Fsp3) is 0.385. The number of aromatic nitrogens is 4. The predicted octanol–water partition coefficient (Wildman–Crippen LogP) is 5.55. The van der Waals surface area contributed by atoms with Gasteiger partial charge in [-0.05, 0) is 62.9 Å². The Morgan fingerprint density at radius 1 is 1.24 bits per heavy atom. The van der Waals surface area contributed by atoms with Crippen molar-refractivity contribution in [2.24, 2.45) is 10.6 Å². The van der Waals surface area contributed by atoms with Crippen LogP contribution in [0.15, 0.2) is 41.9 Å². The monoisotopic (exact) mass is 558 g/mol. The third kappa shape index (κ3) is 4.07. The van der Waals surface area contributed by atoms with E-state index in [0.29, 0.717) is 41.0 Å². The van der Waals surface area contributed by atoms with Crippen molar-refractivity contribution in [2.75, 3.05) is 5.73 Å². The molecule has 4 aromatic rings. The highest BCUT2D eigenvalue weighted by atomic mass is 35.5. The average Bonchev–Trinajstić information content (AvgIpc) is 3.51. The maximum atomic E-state index is 15.0. The smallest absolute Gasteiger partial charge is 0.163 e. The Morgan fingerprint density at radius 2 is 2.05 bits per heavy atom. The van der Waals surface area contributed by atoms with Gasteiger partial charge in [0, 0.05) is 17.0 Å². The summed E-state index contributed by atoms with van der Waals surface area (Å²) in [4.78, 5) is 12.8. The van der Waals surface area contributed by atoms with E-state index in [2.05, 4.69) is 20.1 Å². The summed E-state index contributed by atoms with van der Waals surface area (Å²) in [7, 11) is 0. The SMILES string of the molecule is CC1(C)OC2C(n3ccc4c(Cl)ncnc43)CC(C=NO)(CCc3cc(F)c4cc(Cl)c(N)nc4c3)C2O1. The molecule has 12 heteroatoms. The zero-order chi connectivity index (χ0) is 26.8. The molecule has 1 saturated heterocycles. The Kier molecular flexibility index (Phi) is 5.99. The minimum atomic E-state index is -0.853. The quantitative estimate of drug-likeness (QED) is 0.142. The summed E-state index contributed by atoms with van der Waals surface area (Å²) in [6.07, 6.45) is 5.57. The number of halogens is 3. The summed E-state index contributed by atoms with van der Waals surface area (Å²) in [6, 6.07) is 6.43. The predicted molar refractivity (Wildman–Crippen MR) is 142 cm³/mol. The number of nitrogen functional groups attached to an aromatic ring is 1. The first-order chi connectivity index (χ1) is 18.1. The number of ether oxygens (including phenoxy) is 2. The minimum absolute atomic E-state index is 0.141. The van der Waals surface area contributed by atoms with E-state index in [1.54, 1.807) is 6.07 Å². The van der Waals surface area contributed by atoms with Gasteiger partial charge in [0.05, 0.1) is 34.3 Å². The van der Waals surface area contributed by atoms with Crippen molar-refractivity contribution in [1.82, 2.24) is 19.5 Å². The molecule has 1 saturated carbocycles. The average molecular weight is 559 g/mol.